The normalized spacial score (nSPS) is 19.2. The first-order valence-corrected chi connectivity index (χ1v) is 6.51. The second-order valence-corrected chi connectivity index (χ2v) is 4.89. The van der Waals surface area contributed by atoms with Gasteiger partial charge in [-0.2, -0.15) is 0 Å². The number of aryl methyl sites for hydroxylation is 1. The van der Waals surface area contributed by atoms with Gasteiger partial charge < -0.3 is 20.6 Å². The summed E-state index contributed by atoms with van der Waals surface area (Å²) in [5.74, 6) is 0.452. The van der Waals surface area contributed by atoms with E-state index in [-0.39, 0.29) is 17.8 Å². The molecule has 0 aliphatic carbocycles. The summed E-state index contributed by atoms with van der Waals surface area (Å²) in [6, 6.07) is 5.11. The van der Waals surface area contributed by atoms with Crippen molar-refractivity contribution in [1.29, 1.82) is 0 Å². The summed E-state index contributed by atoms with van der Waals surface area (Å²) < 4.78 is 5.24. The average molecular weight is 277 g/mol. The molecule has 1 aromatic rings. The van der Waals surface area contributed by atoms with Gasteiger partial charge in [0.1, 0.15) is 5.75 Å². The Morgan fingerprint density at radius 3 is 2.95 bits per heavy atom. The molecule has 1 aliphatic heterocycles. The van der Waals surface area contributed by atoms with Crippen LogP contribution in [0.5, 0.6) is 5.75 Å². The number of rotatable bonds is 3. The molecule has 1 saturated heterocycles. The third kappa shape index (κ3) is 2.54. The number of hydrogen-bond donors (Lipinski definition) is 2. The van der Waals surface area contributed by atoms with E-state index in [1.165, 1.54) is 7.11 Å². The third-order valence-corrected chi connectivity index (χ3v) is 3.56. The van der Waals surface area contributed by atoms with Crippen LogP contribution in [0, 0.1) is 6.92 Å². The van der Waals surface area contributed by atoms with Crippen LogP contribution >= 0.6 is 0 Å². The van der Waals surface area contributed by atoms with Gasteiger partial charge in [-0.1, -0.05) is 16.8 Å². The predicted octanol–water partition coefficient (Wildman–Crippen LogP) is 1.35. The van der Waals surface area contributed by atoms with Gasteiger partial charge in [0.05, 0.1) is 18.7 Å². The number of methoxy groups -OCH3 is 1. The molecule has 3 N–H and O–H groups in total. The molecular formula is C14H19N3O3. The van der Waals surface area contributed by atoms with E-state index in [0.717, 1.165) is 12.0 Å². The summed E-state index contributed by atoms with van der Waals surface area (Å²) in [4.78, 5) is 14.3. The second kappa shape index (κ2) is 5.81. The van der Waals surface area contributed by atoms with E-state index in [0.29, 0.717) is 24.3 Å². The van der Waals surface area contributed by atoms with Gasteiger partial charge in [0.15, 0.2) is 5.84 Å². The van der Waals surface area contributed by atoms with Crippen LogP contribution in [0.1, 0.15) is 28.8 Å². The maximum Gasteiger partial charge on any atom is 0.258 e. The molecule has 0 aromatic heterocycles. The zero-order chi connectivity index (χ0) is 14.7. The van der Waals surface area contributed by atoms with Gasteiger partial charge in [0.2, 0.25) is 0 Å². The van der Waals surface area contributed by atoms with E-state index >= 15 is 0 Å². The molecule has 1 aliphatic rings. The summed E-state index contributed by atoms with van der Waals surface area (Å²) in [5.41, 5.74) is 7.14. The van der Waals surface area contributed by atoms with Gasteiger partial charge in [-0.3, -0.25) is 4.79 Å². The summed E-state index contributed by atoms with van der Waals surface area (Å²) >= 11 is 0. The number of oxime groups is 1. The number of amidine groups is 1. The number of benzene rings is 1. The second-order valence-electron chi connectivity index (χ2n) is 4.89. The Morgan fingerprint density at radius 2 is 2.30 bits per heavy atom. The monoisotopic (exact) mass is 277 g/mol. The molecule has 2 rings (SSSR count). The minimum absolute atomic E-state index is 0.0717. The van der Waals surface area contributed by atoms with Crippen molar-refractivity contribution in [3.05, 3.63) is 29.3 Å². The van der Waals surface area contributed by atoms with Crippen molar-refractivity contribution in [3.8, 4) is 5.75 Å². The molecule has 0 bridgehead atoms. The molecule has 1 amide bonds. The van der Waals surface area contributed by atoms with Crippen LogP contribution in [-0.2, 0) is 0 Å². The van der Waals surface area contributed by atoms with E-state index in [4.69, 9.17) is 15.7 Å². The summed E-state index contributed by atoms with van der Waals surface area (Å²) in [5, 5.41) is 11.8. The molecule has 0 spiro atoms. The summed E-state index contributed by atoms with van der Waals surface area (Å²) in [7, 11) is 1.53. The zero-order valence-electron chi connectivity index (χ0n) is 11.7. The topological polar surface area (TPSA) is 88.2 Å². The Kier molecular flexibility index (Phi) is 4.12. The van der Waals surface area contributed by atoms with Crippen LogP contribution in [0.2, 0.25) is 0 Å². The molecule has 1 unspecified atom stereocenters. The van der Waals surface area contributed by atoms with E-state index in [9.17, 15) is 4.79 Å². The van der Waals surface area contributed by atoms with Crippen molar-refractivity contribution >= 4 is 11.7 Å². The number of carbonyl (C=O) groups is 1. The number of amides is 1. The van der Waals surface area contributed by atoms with Crippen LogP contribution in [0.4, 0.5) is 0 Å². The van der Waals surface area contributed by atoms with Crippen LogP contribution in [0.25, 0.3) is 0 Å². The highest BCUT2D eigenvalue weighted by molar-refractivity contribution is 6.00. The molecule has 6 nitrogen and oxygen atoms in total. The van der Waals surface area contributed by atoms with E-state index in [1.807, 2.05) is 13.0 Å². The lowest BCUT2D eigenvalue weighted by Crippen LogP contribution is -2.44. The van der Waals surface area contributed by atoms with Crippen molar-refractivity contribution in [2.75, 3.05) is 13.7 Å². The van der Waals surface area contributed by atoms with E-state index in [1.54, 1.807) is 17.0 Å². The lowest BCUT2D eigenvalue weighted by atomic mass is 10.1. The number of likely N-dealkylation sites (tertiary alicyclic amines) is 1. The molecular weight excluding hydrogens is 258 g/mol. The Labute approximate surface area is 117 Å². The average Bonchev–Trinajstić information content (AvgIpc) is 2.95. The number of nitrogens with zero attached hydrogens (tertiary/aromatic N) is 2. The Bertz CT molecular complexity index is 542. The first-order valence-electron chi connectivity index (χ1n) is 6.51. The van der Waals surface area contributed by atoms with E-state index < -0.39 is 0 Å². The Balaban J connectivity index is 2.33. The number of nitrogens with two attached hydrogens (primary N) is 1. The summed E-state index contributed by atoms with van der Waals surface area (Å²) in [6.45, 7) is 2.51. The maximum absolute atomic E-state index is 12.7. The molecule has 1 atom stereocenters. The Hall–Kier alpha value is -2.24. The molecule has 6 heteroatoms. The number of hydrogen-bond acceptors (Lipinski definition) is 4. The van der Waals surface area contributed by atoms with E-state index in [2.05, 4.69) is 5.16 Å². The molecule has 0 saturated carbocycles. The highest BCUT2D eigenvalue weighted by Gasteiger charge is 2.33. The Morgan fingerprint density at radius 1 is 1.55 bits per heavy atom. The highest BCUT2D eigenvalue weighted by Crippen LogP contribution is 2.26. The lowest BCUT2D eigenvalue weighted by molar-refractivity contribution is 0.0764. The molecule has 1 heterocycles. The fourth-order valence-electron chi connectivity index (χ4n) is 2.53. The standard InChI is InChI=1S/C14H19N3O3/c1-9-5-6-12(20-2)10(8-9)14(18)17-7-3-4-11(17)13(15)16-19/h5-6,8,11,19H,3-4,7H2,1-2H3,(H2,15,16). The van der Waals surface area contributed by atoms with Gasteiger partial charge in [-0.05, 0) is 31.9 Å². The maximum atomic E-state index is 12.7. The molecule has 108 valence electrons. The van der Waals surface area contributed by atoms with Crippen LogP contribution in [0.15, 0.2) is 23.4 Å². The highest BCUT2D eigenvalue weighted by atomic mass is 16.5. The SMILES string of the molecule is COc1ccc(C)cc1C(=O)N1CCCC1C(N)=NO. The largest absolute Gasteiger partial charge is 0.496 e. The van der Waals surface area contributed by atoms with Crippen LogP contribution < -0.4 is 10.5 Å². The van der Waals surface area contributed by atoms with Crippen molar-refractivity contribution in [2.24, 2.45) is 10.9 Å². The van der Waals surface area contributed by atoms with Crippen LogP contribution in [-0.4, -0.2) is 41.5 Å². The first kappa shape index (κ1) is 14.2. The quantitative estimate of drug-likeness (QED) is 0.378. The van der Waals surface area contributed by atoms with Gasteiger partial charge in [-0.25, -0.2) is 0 Å². The van der Waals surface area contributed by atoms with Gasteiger partial charge in [-0.15, -0.1) is 0 Å². The van der Waals surface area contributed by atoms with Crippen LogP contribution in [0.3, 0.4) is 0 Å². The van der Waals surface area contributed by atoms with Gasteiger partial charge >= 0.3 is 0 Å². The lowest BCUT2D eigenvalue weighted by Gasteiger charge is -2.24. The fraction of sp³-hybridized carbons (Fsp3) is 0.429. The van der Waals surface area contributed by atoms with Crippen molar-refractivity contribution in [2.45, 2.75) is 25.8 Å². The molecule has 1 aromatic carbocycles. The number of ether oxygens (including phenoxy) is 1. The van der Waals surface area contributed by atoms with Crippen molar-refractivity contribution < 1.29 is 14.7 Å². The number of carbonyl (C=O) groups excluding carboxylic acids is 1. The van der Waals surface area contributed by atoms with Gasteiger partial charge in [0, 0.05) is 6.54 Å². The smallest absolute Gasteiger partial charge is 0.258 e. The van der Waals surface area contributed by atoms with Crippen molar-refractivity contribution in [3.63, 3.8) is 0 Å². The van der Waals surface area contributed by atoms with Crippen molar-refractivity contribution in [1.82, 2.24) is 4.90 Å². The minimum atomic E-state index is -0.349. The molecule has 0 radical (unpaired) electrons. The summed E-state index contributed by atoms with van der Waals surface area (Å²) in [6.07, 6.45) is 1.54. The first-order chi connectivity index (χ1) is 9.58. The van der Waals surface area contributed by atoms with Gasteiger partial charge in [0.25, 0.3) is 5.91 Å². The zero-order valence-corrected chi connectivity index (χ0v) is 11.7. The fourth-order valence-corrected chi connectivity index (χ4v) is 2.53. The molecule has 20 heavy (non-hydrogen) atoms. The predicted molar refractivity (Wildman–Crippen MR) is 75.2 cm³/mol. The molecule has 1 fully saturated rings. The minimum Gasteiger partial charge on any atom is -0.496 e. The third-order valence-electron chi connectivity index (χ3n) is 3.56.